The number of nitrogens with zero attached hydrogens (tertiary/aromatic N) is 5. The second-order valence-electron chi connectivity index (χ2n) is 5.63. The number of nitrogens with one attached hydrogen (secondary N) is 1. The summed E-state index contributed by atoms with van der Waals surface area (Å²) in [5.41, 5.74) is 2.59. The SMILES string of the molecule is c1ccc(-c2cc(N3CCNCC3)nc(-c3cccnc3)n2)nc1. The third-order valence-corrected chi connectivity index (χ3v) is 4.00. The maximum Gasteiger partial charge on any atom is 0.163 e. The molecule has 0 unspecified atom stereocenters. The molecule has 0 amide bonds. The lowest BCUT2D eigenvalue weighted by molar-refractivity contribution is 0.585. The van der Waals surface area contributed by atoms with Crippen molar-refractivity contribution in [2.45, 2.75) is 0 Å². The van der Waals surface area contributed by atoms with E-state index in [0.717, 1.165) is 48.9 Å². The van der Waals surface area contributed by atoms with Crippen LogP contribution in [0.4, 0.5) is 5.82 Å². The molecule has 1 aliphatic heterocycles. The van der Waals surface area contributed by atoms with Gasteiger partial charge in [-0.2, -0.15) is 0 Å². The van der Waals surface area contributed by atoms with Crippen molar-refractivity contribution in [1.82, 2.24) is 25.3 Å². The summed E-state index contributed by atoms with van der Waals surface area (Å²) in [5, 5.41) is 3.37. The first-order valence-corrected chi connectivity index (χ1v) is 8.07. The van der Waals surface area contributed by atoms with Gasteiger partial charge >= 0.3 is 0 Å². The molecule has 1 fully saturated rings. The molecule has 0 aromatic carbocycles. The highest BCUT2D eigenvalue weighted by atomic mass is 15.2. The fourth-order valence-corrected chi connectivity index (χ4v) is 2.76. The van der Waals surface area contributed by atoms with E-state index >= 15 is 0 Å². The van der Waals surface area contributed by atoms with Crippen molar-refractivity contribution >= 4 is 5.82 Å². The first kappa shape index (κ1) is 14.7. The van der Waals surface area contributed by atoms with Crippen molar-refractivity contribution in [2.24, 2.45) is 0 Å². The van der Waals surface area contributed by atoms with Crippen LogP contribution in [0.3, 0.4) is 0 Å². The molecule has 0 spiro atoms. The van der Waals surface area contributed by atoms with Crippen LogP contribution in [0.15, 0.2) is 55.0 Å². The first-order valence-electron chi connectivity index (χ1n) is 8.07. The highest BCUT2D eigenvalue weighted by molar-refractivity contribution is 5.65. The lowest BCUT2D eigenvalue weighted by Crippen LogP contribution is -2.44. The summed E-state index contributed by atoms with van der Waals surface area (Å²) in [5.74, 6) is 1.62. The van der Waals surface area contributed by atoms with Crippen LogP contribution in [0.1, 0.15) is 0 Å². The summed E-state index contributed by atoms with van der Waals surface area (Å²) in [4.78, 5) is 20.4. The molecule has 0 radical (unpaired) electrons. The van der Waals surface area contributed by atoms with Crippen LogP contribution >= 0.6 is 0 Å². The van der Waals surface area contributed by atoms with E-state index < -0.39 is 0 Å². The molecule has 0 bridgehead atoms. The third kappa shape index (κ3) is 3.09. The van der Waals surface area contributed by atoms with Crippen LogP contribution in [0.25, 0.3) is 22.8 Å². The number of anilines is 1. The summed E-state index contributed by atoms with van der Waals surface area (Å²) in [6.07, 6.45) is 5.33. The molecular weight excluding hydrogens is 300 g/mol. The van der Waals surface area contributed by atoms with Crippen LogP contribution in [-0.4, -0.2) is 46.1 Å². The quantitative estimate of drug-likeness (QED) is 0.797. The highest BCUT2D eigenvalue weighted by Crippen LogP contribution is 2.24. The van der Waals surface area contributed by atoms with Gasteiger partial charge in [0, 0.05) is 56.4 Å². The van der Waals surface area contributed by atoms with Crippen molar-refractivity contribution in [2.75, 3.05) is 31.1 Å². The van der Waals surface area contributed by atoms with Gasteiger partial charge in [-0.05, 0) is 24.3 Å². The Balaban J connectivity index is 1.81. The largest absolute Gasteiger partial charge is 0.354 e. The van der Waals surface area contributed by atoms with Gasteiger partial charge in [-0.3, -0.25) is 9.97 Å². The summed E-state index contributed by atoms with van der Waals surface area (Å²) in [7, 11) is 0. The van der Waals surface area contributed by atoms with Crippen LogP contribution < -0.4 is 10.2 Å². The Kier molecular flexibility index (Phi) is 4.12. The van der Waals surface area contributed by atoms with Crippen molar-refractivity contribution in [3.63, 3.8) is 0 Å². The Morgan fingerprint density at radius 1 is 0.917 bits per heavy atom. The maximum absolute atomic E-state index is 4.77. The van der Waals surface area contributed by atoms with Gasteiger partial charge in [0.2, 0.25) is 0 Å². The molecule has 3 aromatic heterocycles. The number of pyridine rings is 2. The van der Waals surface area contributed by atoms with Gasteiger partial charge in [0.1, 0.15) is 5.82 Å². The van der Waals surface area contributed by atoms with E-state index in [-0.39, 0.29) is 0 Å². The fraction of sp³-hybridized carbons (Fsp3) is 0.222. The fourth-order valence-electron chi connectivity index (χ4n) is 2.76. The number of rotatable bonds is 3. The van der Waals surface area contributed by atoms with Crippen LogP contribution in [-0.2, 0) is 0 Å². The smallest absolute Gasteiger partial charge is 0.163 e. The number of aromatic nitrogens is 4. The molecule has 6 heteroatoms. The highest BCUT2D eigenvalue weighted by Gasteiger charge is 2.16. The van der Waals surface area contributed by atoms with Crippen molar-refractivity contribution < 1.29 is 0 Å². The zero-order chi connectivity index (χ0) is 16.2. The molecule has 1 saturated heterocycles. The van der Waals surface area contributed by atoms with E-state index in [9.17, 15) is 0 Å². The normalized spacial score (nSPS) is 14.6. The molecule has 4 heterocycles. The average molecular weight is 318 g/mol. The summed E-state index contributed by atoms with van der Waals surface area (Å²) in [6, 6.07) is 11.7. The minimum Gasteiger partial charge on any atom is -0.354 e. The molecule has 1 aliphatic rings. The average Bonchev–Trinajstić information content (AvgIpc) is 2.70. The zero-order valence-electron chi connectivity index (χ0n) is 13.3. The van der Waals surface area contributed by atoms with Gasteiger partial charge in [0.05, 0.1) is 11.4 Å². The van der Waals surface area contributed by atoms with Crippen molar-refractivity contribution in [3.05, 3.63) is 55.0 Å². The Hall–Kier alpha value is -2.86. The summed E-state index contributed by atoms with van der Waals surface area (Å²) < 4.78 is 0. The molecule has 3 aromatic rings. The van der Waals surface area contributed by atoms with E-state index in [2.05, 4.69) is 20.2 Å². The van der Waals surface area contributed by atoms with Crippen LogP contribution in [0, 0.1) is 0 Å². The van der Waals surface area contributed by atoms with Gasteiger partial charge in [-0.25, -0.2) is 9.97 Å². The second kappa shape index (κ2) is 6.72. The van der Waals surface area contributed by atoms with E-state index in [0.29, 0.717) is 5.82 Å². The van der Waals surface area contributed by atoms with Gasteiger partial charge in [0.15, 0.2) is 5.82 Å². The summed E-state index contributed by atoms with van der Waals surface area (Å²) >= 11 is 0. The van der Waals surface area contributed by atoms with E-state index in [1.807, 2.05) is 36.4 Å². The van der Waals surface area contributed by atoms with Crippen molar-refractivity contribution in [1.29, 1.82) is 0 Å². The Labute approximate surface area is 140 Å². The van der Waals surface area contributed by atoms with E-state index in [1.165, 1.54) is 0 Å². The minimum atomic E-state index is 0.680. The molecule has 4 rings (SSSR count). The predicted molar refractivity (Wildman–Crippen MR) is 93.6 cm³/mol. The van der Waals surface area contributed by atoms with Gasteiger partial charge in [0.25, 0.3) is 0 Å². The van der Waals surface area contributed by atoms with Crippen molar-refractivity contribution in [3.8, 4) is 22.8 Å². The Morgan fingerprint density at radius 2 is 1.83 bits per heavy atom. The van der Waals surface area contributed by atoms with Crippen LogP contribution in [0.5, 0.6) is 0 Å². The van der Waals surface area contributed by atoms with Gasteiger partial charge in [-0.1, -0.05) is 6.07 Å². The number of hydrogen-bond donors (Lipinski definition) is 1. The predicted octanol–water partition coefficient (Wildman–Crippen LogP) is 2.01. The number of hydrogen-bond acceptors (Lipinski definition) is 6. The lowest BCUT2D eigenvalue weighted by atomic mass is 10.2. The molecular formula is C18H18N6. The monoisotopic (exact) mass is 318 g/mol. The minimum absolute atomic E-state index is 0.680. The molecule has 1 N–H and O–H groups in total. The zero-order valence-corrected chi connectivity index (χ0v) is 13.3. The lowest BCUT2D eigenvalue weighted by Gasteiger charge is -2.28. The summed E-state index contributed by atoms with van der Waals surface area (Å²) in [6.45, 7) is 3.80. The second-order valence-corrected chi connectivity index (χ2v) is 5.63. The number of piperazine rings is 1. The van der Waals surface area contributed by atoms with Gasteiger partial charge in [-0.15, -0.1) is 0 Å². The molecule has 0 atom stereocenters. The molecule has 24 heavy (non-hydrogen) atoms. The first-order chi connectivity index (χ1) is 11.9. The third-order valence-electron chi connectivity index (χ3n) is 4.00. The van der Waals surface area contributed by atoms with Gasteiger partial charge < -0.3 is 10.2 Å². The van der Waals surface area contributed by atoms with Crippen LogP contribution in [0.2, 0.25) is 0 Å². The molecule has 0 aliphatic carbocycles. The Bertz CT molecular complexity index is 743. The molecule has 120 valence electrons. The van der Waals surface area contributed by atoms with E-state index in [4.69, 9.17) is 9.97 Å². The molecule has 6 nitrogen and oxygen atoms in total. The molecule has 0 saturated carbocycles. The standard InChI is InChI=1S/C18H18N6/c1-2-7-21-15(5-1)16-12-17(24-10-8-19-9-11-24)23-18(22-16)14-4-3-6-20-13-14/h1-7,12-13,19H,8-11H2. The van der Waals surface area contributed by atoms with E-state index in [1.54, 1.807) is 18.6 Å². The topological polar surface area (TPSA) is 66.8 Å². The Morgan fingerprint density at radius 3 is 2.58 bits per heavy atom. The maximum atomic E-state index is 4.77.